The molecule has 1 N–H and O–H groups in total. The Morgan fingerprint density at radius 1 is 1.38 bits per heavy atom. The van der Waals surface area contributed by atoms with E-state index in [9.17, 15) is 8.42 Å². The first-order valence-electron chi connectivity index (χ1n) is 6.00. The Morgan fingerprint density at radius 2 is 2.06 bits per heavy atom. The largest absolute Gasteiger partial charge is 0.314 e. The summed E-state index contributed by atoms with van der Waals surface area (Å²) >= 11 is 0. The van der Waals surface area contributed by atoms with Gasteiger partial charge in [-0.2, -0.15) is 0 Å². The zero-order valence-corrected chi connectivity index (χ0v) is 11.4. The van der Waals surface area contributed by atoms with Crippen molar-refractivity contribution in [1.29, 1.82) is 0 Å². The summed E-state index contributed by atoms with van der Waals surface area (Å²) in [4.78, 5) is 2.28. The lowest BCUT2D eigenvalue weighted by atomic mass is 10.1. The van der Waals surface area contributed by atoms with Crippen molar-refractivity contribution in [2.75, 3.05) is 38.2 Å². The van der Waals surface area contributed by atoms with Gasteiger partial charge in [0.25, 0.3) is 0 Å². The normalized spacial score (nSPS) is 29.7. The Kier molecular flexibility index (Phi) is 5.21. The van der Waals surface area contributed by atoms with E-state index in [1.165, 1.54) is 6.26 Å². The molecule has 4 nitrogen and oxygen atoms in total. The molecule has 2 unspecified atom stereocenters. The summed E-state index contributed by atoms with van der Waals surface area (Å²) in [5, 5.41) is 3.48. The molecule has 0 aromatic heterocycles. The molecule has 0 amide bonds. The lowest BCUT2D eigenvalue weighted by molar-refractivity contribution is 0.211. The molecular formula is C11H24N2O2S. The number of rotatable bonds is 3. The Balaban J connectivity index is 2.44. The quantitative estimate of drug-likeness (QED) is 0.783. The van der Waals surface area contributed by atoms with Gasteiger partial charge in [0.2, 0.25) is 0 Å². The highest BCUT2D eigenvalue weighted by Gasteiger charge is 2.17. The van der Waals surface area contributed by atoms with Crippen molar-refractivity contribution >= 4 is 9.84 Å². The average molecular weight is 248 g/mol. The highest BCUT2D eigenvalue weighted by Crippen LogP contribution is 2.06. The number of nitrogens with one attached hydrogen (secondary N) is 1. The van der Waals surface area contributed by atoms with Gasteiger partial charge in [-0.05, 0) is 32.4 Å². The highest BCUT2D eigenvalue weighted by atomic mass is 32.2. The van der Waals surface area contributed by atoms with Gasteiger partial charge in [0.1, 0.15) is 9.84 Å². The Morgan fingerprint density at radius 3 is 2.69 bits per heavy atom. The third kappa shape index (κ3) is 5.82. The summed E-state index contributed by atoms with van der Waals surface area (Å²) in [7, 11) is -2.83. The molecule has 1 heterocycles. The van der Waals surface area contributed by atoms with Crippen molar-refractivity contribution in [3.8, 4) is 0 Å². The first-order chi connectivity index (χ1) is 7.37. The summed E-state index contributed by atoms with van der Waals surface area (Å²) in [6.07, 6.45) is 2.40. The van der Waals surface area contributed by atoms with E-state index in [0.717, 1.165) is 26.1 Å². The molecule has 16 heavy (non-hydrogen) atoms. The number of nitrogens with zero attached hydrogens (tertiary/aromatic N) is 1. The topological polar surface area (TPSA) is 49.4 Å². The zero-order chi connectivity index (χ0) is 12.2. The van der Waals surface area contributed by atoms with E-state index in [-0.39, 0.29) is 5.75 Å². The van der Waals surface area contributed by atoms with Crippen LogP contribution in [0.15, 0.2) is 0 Å². The summed E-state index contributed by atoms with van der Waals surface area (Å²) < 4.78 is 22.3. The molecular weight excluding hydrogens is 224 g/mol. The summed E-state index contributed by atoms with van der Waals surface area (Å²) in [6, 6.07) is 0.531. The van der Waals surface area contributed by atoms with E-state index >= 15 is 0 Å². The van der Waals surface area contributed by atoms with E-state index in [0.29, 0.717) is 18.5 Å². The second-order valence-corrected chi connectivity index (χ2v) is 7.39. The van der Waals surface area contributed by atoms with E-state index in [4.69, 9.17) is 0 Å². The molecule has 1 aliphatic heterocycles. The van der Waals surface area contributed by atoms with Gasteiger partial charge in [0.15, 0.2) is 0 Å². The smallest absolute Gasteiger partial charge is 0.148 e. The molecule has 1 fully saturated rings. The van der Waals surface area contributed by atoms with Crippen LogP contribution in [0.3, 0.4) is 0 Å². The third-order valence-corrected chi connectivity index (χ3v) is 3.97. The van der Waals surface area contributed by atoms with E-state index in [1.54, 1.807) is 0 Å². The lowest BCUT2D eigenvalue weighted by Gasteiger charge is -2.30. The standard InChI is InChI=1S/C11H24N2O2S/c1-10-8-12-11(2)4-5-13(9-10)6-7-16(3,14)15/h10-12H,4-9H2,1-3H3. The van der Waals surface area contributed by atoms with Gasteiger partial charge < -0.3 is 10.2 Å². The van der Waals surface area contributed by atoms with Gasteiger partial charge in [0, 0.05) is 25.4 Å². The SMILES string of the molecule is CC1CNC(C)CCN(CCS(C)(=O)=O)C1. The summed E-state index contributed by atoms with van der Waals surface area (Å²) in [6.45, 7) is 8.08. The van der Waals surface area contributed by atoms with Crippen LogP contribution in [0, 0.1) is 5.92 Å². The molecule has 0 bridgehead atoms. The third-order valence-electron chi connectivity index (χ3n) is 3.04. The van der Waals surface area contributed by atoms with Crippen molar-refractivity contribution in [2.45, 2.75) is 26.3 Å². The van der Waals surface area contributed by atoms with E-state index in [2.05, 4.69) is 24.1 Å². The van der Waals surface area contributed by atoms with Crippen LogP contribution in [0.1, 0.15) is 20.3 Å². The predicted octanol–water partition coefficient (Wildman–Crippen LogP) is 0.351. The van der Waals surface area contributed by atoms with Crippen LogP contribution in [-0.2, 0) is 9.84 Å². The minimum atomic E-state index is -2.83. The van der Waals surface area contributed by atoms with Crippen LogP contribution in [0.2, 0.25) is 0 Å². The molecule has 1 aliphatic rings. The van der Waals surface area contributed by atoms with E-state index in [1.807, 2.05) is 0 Å². The van der Waals surface area contributed by atoms with Crippen molar-refractivity contribution in [1.82, 2.24) is 10.2 Å². The van der Waals surface area contributed by atoms with Gasteiger partial charge >= 0.3 is 0 Å². The fraction of sp³-hybridized carbons (Fsp3) is 1.00. The minimum Gasteiger partial charge on any atom is -0.314 e. The summed E-state index contributed by atoms with van der Waals surface area (Å²) in [5.41, 5.74) is 0. The van der Waals surface area contributed by atoms with Crippen LogP contribution < -0.4 is 5.32 Å². The van der Waals surface area contributed by atoms with Crippen molar-refractivity contribution in [2.24, 2.45) is 5.92 Å². The molecule has 1 rings (SSSR count). The zero-order valence-electron chi connectivity index (χ0n) is 10.6. The molecule has 5 heteroatoms. The molecule has 0 spiro atoms. The fourth-order valence-corrected chi connectivity index (χ4v) is 2.57. The van der Waals surface area contributed by atoms with Crippen molar-refractivity contribution in [3.05, 3.63) is 0 Å². The molecule has 0 saturated carbocycles. The second-order valence-electron chi connectivity index (χ2n) is 5.13. The maximum atomic E-state index is 11.1. The van der Waals surface area contributed by atoms with Gasteiger partial charge in [-0.1, -0.05) is 6.92 Å². The van der Waals surface area contributed by atoms with Crippen molar-refractivity contribution in [3.63, 3.8) is 0 Å². The first-order valence-corrected chi connectivity index (χ1v) is 8.06. The lowest BCUT2D eigenvalue weighted by Crippen LogP contribution is -2.43. The Bertz CT molecular complexity index is 303. The van der Waals surface area contributed by atoms with Gasteiger partial charge in [-0.3, -0.25) is 0 Å². The Labute approximate surface area is 99.3 Å². The maximum Gasteiger partial charge on any atom is 0.148 e. The molecule has 2 atom stereocenters. The number of hydrogen-bond donors (Lipinski definition) is 1. The summed E-state index contributed by atoms with van der Waals surface area (Å²) in [5.74, 6) is 0.865. The van der Waals surface area contributed by atoms with Gasteiger partial charge in [0.05, 0.1) is 5.75 Å². The number of sulfone groups is 1. The average Bonchev–Trinajstić information content (AvgIpc) is 2.15. The molecule has 96 valence electrons. The Hall–Kier alpha value is -0.130. The highest BCUT2D eigenvalue weighted by molar-refractivity contribution is 7.90. The van der Waals surface area contributed by atoms with Crippen LogP contribution in [-0.4, -0.2) is 57.5 Å². The first kappa shape index (κ1) is 13.9. The second kappa shape index (κ2) is 5.98. The minimum absolute atomic E-state index is 0.279. The number of hydrogen-bond acceptors (Lipinski definition) is 4. The predicted molar refractivity (Wildman–Crippen MR) is 67.4 cm³/mol. The van der Waals surface area contributed by atoms with Crippen LogP contribution in [0.25, 0.3) is 0 Å². The monoisotopic (exact) mass is 248 g/mol. The molecule has 0 aromatic carbocycles. The molecule has 0 radical (unpaired) electrons. The maximum absolute atomic E-state index is 11.1. The van der Waals surface area contributed by atoms with E-state index < -0.39 is 9.84 Å². The fourth-order valence-electron chi connectivity index (χ4n) is 1.98. The molecule has 0 aliphatic carbocycles. The molecule has 1 saturated heterocycles. The van der Waals surface area contributed by atoms with Crippen LogP contribution in [0.4, 0.5) is 0 Å². The van der Waals surface area contributed by atoms with Crippen LogP contribution in [0.5, 0.6) is 0 Å². The van der Waals surface area contributed by atoms with Crippen molar-refractivity contribution < 1.29 is 8.42 Å². The van der Waals surface area contributed by atoms with Gasteiger partial charge in [-0.25, -0.2) is 8.42 Å². The molecule has 0 aromatic rings. The van der Waals surface area contributed by atoms with Gasteiger partial charge in [-0.15, -0.1) is 0 Å². The van der Waals surface area contributed by atoms with Crippen LogP contribution >= 0.6 is 0 Å².